The second-order valence-corrected chi connectivity index (χ2v) is 5.49. The molecule has 0 aromatic carbocycles. The van der Waals surface area contributed by atoms with Crippen LogP contribution in [0.4, 0.5) is 0 Å². The number of rotatable bonds is 5. The van der Waals surface area contributed by atoms with Gasteiger partial charge in [-0.1, -0.05) is 53.4 Å². The van der Waals surface area contributed by atoms with Gasteiger partial charge in [-0.3, -0.25) is 0 Å². The molecule has 1 rings (SSSR count). The topological polar surface area (TPSA) is 0 Å². The van der Waals surface area contributed by atoms with Gasteiger partial charge in [0.05, 0.1) is 0 Å². The van der Waals surface area contributed by atoms with Crippen molar-refractivity contribution >= 4 is 0 Å². The van der Waals surface area contributed by atoms with E-state index in [-0.39, 0.29) is 0 Å². The average Bonchev–Trinajstić information content (AvgIpc) is 2.65. The summed E-state index contributed by atoms with van der Waals surface area (Å²) >= 11 is 0. The highest BCUT2D eigenvalue weighted by Gasteiger charge is 2.30. The molecule has 4 atom stereocenters. The van der Waals surface area contributed by atoms with Crippen LogP contribution in [0.15, 0.2) is 0 Å². The predicted octanol–water partition coefficient (Wildman–Crippen LogP) is 4.89. The zero-order valence-corrected chi connectivity index (χ0v) is 10.6. The minimum absolute atomic E-state index is 0.933. The van der Waals surface area contributed by atoms with E-state index in [1.165, 1.54) is 38.5 Å². The minimum Gasteiger partial charge on any atom is -0.0651 e. The summed E-state index contributed by atoms with van der Waals surface area (Å²) in [6, 6.07) is 0. The maximum Gasteiger partial charge on any atom is -0.0360 e. The third-order valence-corrected chi connectivity index (χ3v) is 4.44. The Bertz CT molecular complexity index is 150. The molecule has 84 valence electrons. The van der Waals surface area contributed by atoms with Gasteiger partial charge >= 0.3 is 0 Å². The standard InChI is InChI=1S/C14H28/c1-5-11(3)10-12(4)14-9-7-8-13(14)6-2/h11-14H,5-10H2,1-4H3. The summed E-state index contributed by atoms with van der Waals surface area (Å²) in [5, 5.41) is 0. The third kappa shape index (κ3) is 3.00. The van der Waals surface area contributed by atoms with Gasteiger partial charge in [-0.05, 0) is 36.5 Å². The Labute approximate surface area is 90.5 Å². The number of hydrogen-bond donors (Lipinski definition) is 0. The molecular formula is C14H28. The van der Waals surface area contributed by atoms with E-state index in [4.69, 9.17) is 0 Å². The molecule has 0 amide bonds. The summed E-state index contributed by atoms with van der Waals surface area (Å²) in [4.78, 5) is 0. The van der Waals surface area contributed by atoms with Crippen molar-refractivity contribution < 1.29 is 0 Å². The van der Waals surface area contributed by atoms with Crippen molar-refractivity contribution in [3.05, 3.63) is 0 Å². The first-order valence-electron chi connectivity index (χ1n) is 6.69. The lowest BCUT2D eigenvalue weighted by molar-refractivity contribution is 0.233. The Hall–Kier alpha value is 0. The number of hydrogen-bond acceptors (Lipinski definition) is 0. The normalized spacial score (nSPS) is 31.7. The molecule has 0 radical (unpaired) electrons. The first kappa shape index (κ1) is 12.1. The van der Waals surface area contributed by atoms with E-state index in [1.807, 2.05) is 0 Å². The summed E-state index contributed by atoms with van der Waals surface area (Å²) in [6.07, 6.45) is 8.73. The fourth-order valence-corrected chi connectivity index (χ4v) is 3.30. The van der Waals surface area contributed by atoms with Crippen molar-refractivity contribution in [1.82, 2.24) is 0 Å². The van der Waals surface area contributed by atoms with Gasteiger partial charge in [0, 0.05) is 0 Å². The van der Waals surface area contributed by atoms with Crippen molar-refractivity contribution in [2.45, 2.75) is 66.2 Å². The Morgan fingerprint density at radius 2 is 1.86 bits per heavy atom. The summed E-state index contributed by atoms with van der Waals surface area (Å²) in [5.41, 5.74) is 0. The molecule has 0 spiro atoms. The third-order valence-electron chi connectivity index (χ3n) is 4.44. The second kappa shape index (κ2) is 5.78. The first-order chi connectivity index (χ1) is 6.69. The lowest BCUT2D eigenvalue weighted by atomic mass is 9.79. The van der Waals surface area contributed by atoms with Gasteiger partial charge in [0.2, 0.25) is 0 Å². The largest absolute Gasteiger partial charge is 0.0651 e. The Morgan fingerprint density at radius 3 is 2.43 bits per heavy atom. The van der Waals surface area contributed by atoms with Crippen molar-refractivity contribution in [3.8, 4) is 0 Å². The highest BCUT2D eigenvalue weighted by atomic mass is 14.4. The molecule has 0 N–H and O–H groups in total. The minimum atomic E-state index is 0.933. The molecular weight excluding hydrogens is 168 g/mol. The molecule has 0 saturated heterocycles. The summed E-state index contributed by atoms with van der Waals surface area (Å²) in [7, 11) is 0. The lowest BCUT2D eigenvalue weighted by Crippen LogP contribution is -2.18. The van der Waals surface area contributed by atoms with E-state index in [1.54, 1.807) is 0 Å². The van der Waals surface area contributed by atoms with Gasteiger partial charge in [-0.25, -0.2) is 0 Å². The molecule has 1 fully saturated rings. The average molecular weight is 196 g/mol. The molecule has 1 aliphatic carbocycles. The zero-order valence-electron chi connectivity index (χ0n) is 10.6. The molecule has 0 bridgehead atoms. The fourth-order valence-electron chi connectivity index (χ4n) is 3.30. The molecule has 0 aliphatic heterocycles. The van der Waals surface area contributed by atoms with E-state index in [0.29, 0.717) is 0 Å². The van der Waals surface area contributed by atoms with Gasteiger partial charge in [-0.2, -0.15) is 0 Å². The van der Waals surface area contributed by atoms with E-state index in [0.717, 1.165) is 23.7 Å². The second-order valence-electron chi connectivity index (χ2n) is 5.49. The van der Waals surface area contributed by atoms with Crippen LogP contribution in [-0.2, 0) is 0 Å². The van der Waals surface area contributed by atoms with Crippen LogP contribution < -0.4 is 0 Å². The van der Waals surface area contributed by atoms with Crippen LogP contribution in [0.25, 0.3) is 0 Å². The molecule has 1 aliphatic rings. The molecule has 1 saturated carbocycles. The predicted molar refractivity (Wildman–Crippen MR) is 64.4 cm³/mol. The van der Waals surface area contributed by atoms with Crippen LogP contribution in [0, 0.1) is 23.7 Å². The Morgan fingerprint density at radius 1 is 1.14 bits per heavy atom. The van der Waals surface area contributed by atoms with Gasteiger partial charge in [-0.15, -0.1) is 0 Å². The van der Waals surface area contributed by atoms with E-state index in [9.17, 15) is 0 Å². The van der Waals surface area contributed by atoms with Crippen LogP contribution in [-0.4, -0.2) is 0 Å². The summed E-state index contributed by atoms with van der Waals surface area (Å²) < 4.78 is 0. The van der Waals surface area contributed by atoms with Crippen LogP contribution in [0.1, 0.15) is 66.2 Å². The summed E-state index contributed by atoms with van der Waals surface area (Å²) in [5.74, 6) is 4.00. The Kier molecular flexibility index (Phi) is 4.98. The van der Waals surface area contributed by atoms with Crippen molar-refractivity contribution in [2.24, 2.45) is 23.7 Å². The van der Waals surface area contributed by atoms with Crippen LogP contribution in [0.3, 0.4) is 0 Å². The quantitative estimate of drug-likeness (QED) is 0.587. The SMILES string of the molecule is CCC(C)CC(C)C1CCCC1CC. The van der Waals surface area contributed by atoms with Crippen molar-refractivity contribution in [1.29, 1.82) is 0 Å². The monoisotopic (exact) mass is 196 g/mol. The van der Waals surface area contributed by atoms with Crippen LogP contribution >= 0.6 is 0 Å². The summed E-state index contributed by atoms with van der Waals surface area (Å²) in [6.45, 7) is 9.60. The molecule has 0 heteroatoms. The lowest BCUT2D eigenvalue weighted by Gasteiger charge is -2.27. The zero-order chi connectivity index (χ0) is 10.6. The molecule has 14 heavy (non-hydrogen) atoms. The van der Waals surface area contributed by atoms with E-state index < -0.39 is 0 Å². The van der Waals surface area contributed by atoms with Crippen molar-refractivity contribution in [2.75, 3.05) is 0 Å². The molecule has 0 nitrogen and oxygen atoms in total. The molecule has 4 unspecified atom stereocenters. The maximum absolute atomic E-state index is 2.49. The maximum atomic E-state index is 2.49. The molecule has 0 heterocycles. The highest BCUT2D eigenvalue weighted by molar-refractivity contribution is 4.80. The fraction of sp³-hybridized carbons (Fsp3) is 1.00. The van der Waals surface area contributed by atoms with Crippen LogP contribution in [0.2, 0.25) is 0 Å². The smallest absolute Gasteiger partial charge is 0.0360 e. The van der Waals surface area contributed by atoms with E-state index >= 15 is 0 Å². The first-order valence-corrected chi connectivity index (χ1v) is 6.69. The highest BCUT2D eigenvalue weighted by Crippen LogP contribution is 2.40. The van der Waals surface area contributed by atoms with Crippen molar-refractivity contribution in [3.63, 3.8) is 0 Å². The van der Waals surface area contributed by atoms with Gasteiger partial charge < -0.3 is 0 Å². The van der Waals surface area contributed by atoms with Gasteiger partial charge in [0.1, 0.15) is 0 Å². The van der Waals surface area contributed by atoms with Crippen LogP contribution in [0.5, 0.6) is 0 Å². The molecule has 0 aromatic rings. The van der Waals surface area contributed by atoms with E-state index in [2.05, 4.69) is 27.7 Å². The Balaban J connectivity index is 2.38. The molecule has 0 aromatic heterocycles. The van der Waals surface area contributed by atoms with Gasteiger partial charge in [0.25, 0.3) is 0 Å². The van der Waals surface area contributed by atoms with Gasteiger partial charge in [0.15, 0.2) is 0 Å².